The molecular formula is C18H18N2O3S. The number of nitrogens with one attached hydrogen (secondary N) is 1. The minimum Gasteiger partial charge on any atom is -0.486 e. The number of ether oxygens (including phenoxy) is 1. The van der Waals surface area contributed by atoms with Crippen molar-refractivity contribution in [3.05, 3.63) is 58.7 Å². The molecule has 1 aromatic heterocycles. The van der Waals surface area contributed by atoms with Crippen molar-refractivity contribution in [2.75, 3.05) is 7.05 Å². The van der Waals surface area contributed by atoms with E-state index in [1.165, 1.54) is 4.90 Å². The molecule has 0 unspecified atom stereocenters. The number of rotatable bonds is 4. The highest BCUT2D eigenvalue weighted by Crippen LogP contribution is 2.20. The second-order valence-electron chi connectivity index (χ2n) is 5.77. The number of carbonyl (C=O) groups excluding carboxylic acids is 1. The van der Waals surface area contributed by atoms with E-state index in [0.29, 0.717) is 28.9 Å². The maximum absolute atomic E-state index is 11.9. The molecule has 124 valence electrons. The van der Waals surface area contributed by atoms with Gasteiger partial charge in [-0.2, -0.15) is 0 Å². The van der Waals surface area contributed by atoms with Gasteiger partial charge in [-0.1, -0.05) is 6.07 Å². The first-order valence-corrected chi connectivity index (χ1v) is 7.94. The lowest BCUT2D eigenvalue weighted by Crippen LogP contribution is -2.25. The molecule has 1 saturated heterocycles. The van der Waals surface area contributed by atoms with Crippen LogP contribution in [-0.4, -0.2) is 23.0 Å². The molecule has 1 aromatic carbocycles. The summed E-state index contributed by atoms with van der Waals surface area (Å²) in [6.45, 7) is 4.39. The average Bonchev–Trinajstić information content (AvgIpc) is 3.06. The van der Waals surface area contributed by atoms with Crippen molar-refractivity contribution in [3.8, 4) is 5.75 Å². The summed E-state index contributed by atoms with van der Waals surface area (Å²) in [6, 6.07) is 9.69. The molecule has 0 spiro atoms. The number of amides is 1. The van der Waals surface area contributed by atoms with Gasteiger partial charge in [0.15, 0.2) is 5.11 Å². The lowest BCUT2D eigenvalue weighted by atomic mass is 10.1. The zero-order valence-electron chi connectivity index (χ0n) is 13.8. The molecule has 1 fully saturated rings. The lowest BCUT2D eigenvalue weighted by molar-refractivity contribution is -0.121. The highest BCUT2D eigenvalue weighted by molar-refractivity contribution is 7.80. The first kappa shape index (κ1) is 16.3. The van der Waals surface area contributed by atoms with Crippen LogP contribution in [-0.2, 0) is 11.4 Å². The molecule has 0 aliphatic carbocycles. The van der Waals surface area contributed by atoms with E-state index in [2.05, 4.69) is 11.4 Å². The standard InChI is InChI=1S/C18H18N2O3S/c1-11-6-12(2)8-15(7-11)22-10-14-5-4-13(23-14)9-16-17(21)20(3)18(24)19-16/h4-9H,10H2,1-3H3,(H,19,24)/b16-9+. The molecule has 0 saturated carbocycles. The van der Waals surface area contributed by atoms with E-state index < -0.39 is 0 Å². The topological polar surface area (TPSA) is 54.7 Å². The van der Waals surface area contributed by atoms with Gasteiger partial charge in [-0.3, -0.25) is 9.69 Å². The Morgan fingerprint density at radius 3 is 2.58 bits per heavy atom. The molecule has 1 N–H and O–H groups in total. The first-order valence-electron chi connectivity index (χ1n) is 7.53. The SMILES string of the molecule is Cc1cc(C)cc(OCc2ccc(/C=C3/NC(=S)N(C)C3=O)o2)c1. The van der Waals surface area contributed by atoms with Crippen LogP contribution < -0.4 is 10.1 Å². The van der Waals surface area contributed by atoms with E-state index in [0.717, 1.165) is 16.9 Å². The molecule has 2 aromatic rings. The van der Waals surface area contributed by atoms with Gasteiger partial charge in [0.25, 0.3) is 5.91 Å². The largest absolute Gasteiger partial charge is 0.486 e. The zero-order chi connectivity index (χ0) is 17.3. The molecule has 5 nitrogen and oxygen atoms in total. The minimum absolute atomic E-state index is 0.176. The number of hydrogen-bond donors (Lipinski definition) is 1. The van der Waals surface area contributed by atoms with Gasteiger partial charge in [-0.05, 0) is 61.5 Å². The van der Waals surface area contributed by atoms with Crippen molar-refractivity contribution < 1.29 is 13.9 Å². The normalized spacial score (nSPS) is 16.0. The predicted octanol–water partition coefficient (Wildman–Crippen LogP) is 3.16. The minimum atomic E-state index is -0.176. The second kappa shape index (κ2) is 6.49. The molecule has 2 heterocycles. The molecule has 1 amide bonds. The number of benzene rings is 1. The Balaban J connectivity index is 1.68. The Kier molecular flexibility index (Phi) is 4.40. The van der Waals surface area contributed by atoms with Crippen molar-refractivity contribution in [1.29, 1.82) is 0 Å². The molecule has 24 heavy (non-hydrogen) atoms. The fourth-order valence-electron chi connectivity index (χ4n) is 2.49. The van der Waals surface area contributed by atoms with Crippen molar-refractivity contribution in [3.63, 3.8) is 0 Å². The zero-order valence-corrected chi connectivity index (χ0v) is 14.6. The van der Waals surface area contributed by atoms with Gasteiger partial charge >= 0.3 is 0 Å². The Morgan fingerprint density at radius 1 is 1.25 bits per heavy atom. The Labute approximate surface area is 145 Å². The van der Waals surface area contributed by atoms with Gasteiger partial charge in [-0.25, -0.2) is 0 Å². The Hall–Kier alpha value is -2.60. The Morgan fingerprint density at radius 2 is 1.96 bits per heavy atom. The molecule has 0 radical (unpaired) electrons. The van der Waals surface area contributed by atoms with E-state index in [1.807, 2.05) is 32.0 Å². The van der Waals surface area contributed by atoms with Crippen LogP contribution in [0.2, 0.25) is 0 Å². The number of thiocarbonyl (C=S) groups is 1. The van der Waals surface area contributed by atoms with Crippen LogP contribution in [0.3, 0.4) is 0 Å². The second-order valence-corrected chi connectivity index (χ2v) is 6.16. The highest BCUT2D eigenvalue weighted by atomic mass is 32.1. The molecule has 1 aliphatic rings. The maximum Gasteiger partial charge on any atom is 0.276 e. The molecule has 1 aliphatic heterocycles. The van der Waals surface area contributed by atoms with Gasteiger partial charge in [0.1, 0.15) is 29.6 Å². The average molecular weight is 342 g/mol. The number of furan rings is 1. The third kappa shape index (κ3) is 3.49. The fraction of sp³-hybridized carbons (Fsp3) is 0.222. The van der Waals surface area contributed by atoms with Crippen molar-refractivity contribution in [2.45, 2.75) is 20.5 Å². The number of nitrogens with zero attached hydrogens (tertiary/aromatic N) is 1. The summed E-state index contributed by atoms with van der Waals surface area (Å²) < 4.78 is 11.5. The van der Waals surface area contributed by atoms with Crippen LogP contribution in [0.25, 0.3) is 6.08 Å². The smallest absolute Gasteiger partial charge is 0.276 e. The van der Waals surface area contributed by atoms with E-state index in [9.17, 15) is 4.79 Å². The first-order chi connectivity index (χ1) is 11.4. The molecule has 3 rings (SSSR count). The number of hydrogen-bond acceptors (Lipinski definition) is 4. The van der Waals surface area contributed by atoms with Gasteiger partial charge in [0.05, 0.1) is 0 Å². The molecular weight excluding hydrogens is 324 g/mol. The highest BCUT2D eigenvalue weighted by Gasteiger charge is 2.27. The van der Waals surface area contributed by atoms with Crippen molar-refractivity contribution in [2.24, 2.45) is 0 Å². The number of aryl methyl sites for hydroxylation is 2. The van der Waals surface area contributed by atoms with Gasteiger partial charge in [0, 0.05) is 13.1 Å². The van der Waals surface area contributed by atoms with Gasteiger partial charge < -0.3 is 14.5 Å². The van der Waals surface area contributed by atoms with Crippen molar-refractivity contribution >= 4 is 29.3 Å². The monoisotopic (exact) mass is 342 g/mol. The van der Waals surface area contributed by atoms with E-state index in [4.69, 9.17) is 21.4 Å². The third-order valence-corrected chi connectivity index (χ3v) is 4.00. The fourth-order valence-corrected chi connectivity index (χ4v) is 2.68. The summed E-state index contributed by atoms with van der Waals surface area (Å²) in [5.74, 6) is 1.89. The maximum atomic E-state index is 11.9. The Bertz CT molecular complexity index is 818. The third-order valence-electron chi connectivity index (χ3n) is 3.63. The summed E-state index contributed by atoms with van der Waals surface area (Å²) >= 11 is 5.04. The molecule has 0 atom stereocenters. The van der Waals surface area contributed by atoms with E-state index >= 15 is 0 Å². The summed E-state index contributed by atoms with van der Waals surface area (Å²) in [4.78, 5) is 13.3. The number of carbonyl (C=O) groups is 1. The predicted molar refractivity (Wildman–Crippen MR) is 95.4 cm³/mol. The quantitative estimate of drug-likeness (QED) is 0.683. The van der Waals surface area contributed by atoms with E-state index in [1.54, 1.807) is 19.2 Å². The number of likely N-dealkylation sites (N-methyl/N-ethyl adjacent to an activating group) is 1. The molecule has 6 heteroatoms. The summed E-state index contributed by atoms with van der Waals surface area (Å²) in [6.07, 6.45) is 1.64. The van der Waals surface area contributed by atoms with Crippen molar-refractivity contribution in [1.82, 2.24) is 10.2 Å². The summed E-state index contributed by atoms with van der Waals surface area (Å²) in [7, 11) is 1.63. The van der Waals surface area contributed by atoms with Gasteiger partial charge in [-0.15, -0.1) is 0 Å². The van der Waals surface area contributed by atoms with Crippen LogP contribution in [0.4, 0.5) is 0 Å². The van der Waals surface area contributed by atoms with E-state index in [-0.39, 0.29) is 5.91 Å². The van der Waals surface area contributed by atoms with Crippen LogP contribution in [0.1, 0.15) is 22.6 Å². The van der Waals surface area contributed by atoms with Crippen LogP contribution in [0, 0.1) is 13.8 Å². The summed E-state index contributed by atoms with van der Waals surface area (Å²) in [5.41, 5.74) is 2.71. The lowest BCUT2D eigenvalue weighted by Gasteiger charge is -2.06. The van der Waals surface area contributed by atoms with Gasteiger partial charge in [0.2, 0.25) is 0 Å². The van der Waals surface area contributed by atoms with Crippen LogP contribution in [0.5, 0.6) is 5.75 Å². The molecule has 0 bridgehead atoms. The summed E-state index contributed by atoms with van der Waals surface area (Å²) in [5, 5.41) is 3.24. The van der Waals surface area contributed by atoms with Crippen LogP contribution >= 0.6 is 12.2 Å². The van der Waals surface area contributed by atoms with Crippen LogP contribution in [0.15, 0.2) is 40.4 Å².